The van der Waals surface area contributed by atoms with Crippen LogP contribution in [0.3, 0.4) is 0 Å². The van der Waals surface area contributed by atoms with E-state index in [-0.39, 0.29) is 24.7 Å². The SMILES string of the molecule is CC(C)n1cnnc1CC1CCCN(C(=O)CCC(=O)n2ncc3c(Cl)cccc32)C1. The van der Waals surface area contributed by atoms with E-state index in [2.05, 4.69) is 33.7 Å². The van der Waals surface area contributed by atoms with Gasteiger partial charge >= 0.3 is 0 Å². The lowest BCUT2D eigenvalue weighted by Crippen LogP contribution is -2.41. The zero-order valence-corrected chi connectivity index (χ0v) is 18.6. The number of rotatable bonds is 6. The molecule has 0 bridgehead atoms. The third-order valence-corrected chi connectivity index (χ3v) is 6.23. The van der Waals surface area contributed by atoms with Gasteiger partial charge in [-0.1, -0.05) is 17.7 Å². The van der Waals surface area contributed by atoms with Gasteiger partial charge in [0.2, 0.25) is 11.8 Å². The number of piperidine rings is 1. The van der Waals surface area contributed by atoms with Crippen LogP contribution in [0, 0.1) is 5.92 Å². The molecule has 1 atom stereocenters. The second kappa shape index (κ2) is 9.18. The maximum absolute atomic E-state index is 12.8. The maximum atomic E-state index is 12.8. The highest BCUT2D eigenvalue weighted by atomic mass is 35.5. The molecular formula is C22H27ClN6O2. The number of halogens is 1. The molecule has 4 rings (SSSR count). The number of nitrogens with zero attached hydrogens (tertiary/aromatic N) is 6. The van der Waals surface area contributed by atoms with Crippen molar-refractivity contribution in [2.75, 3.05) is 13.1 Å². The van der Waals surface area contributed by atoms with E-state index in [1.165, 1.54) is 4.68 Å². The second-order valence-corrected chi connectivity index (χ2v) is 8.83. The Balaban J connectivity index is 1.34. The molecule has 8 nitrogen and oxygen atoms in total. The molecule has 1 aromatic carbocycles. The number of hydrogen-bond donors (Lipinski definition) is 0. The third kappa shape index (κ3) is 4.63. The molecule has 31 heavy (non-hydrogen) atoms. The fraction of sp³-hybridized carbons (Fsp3) is 0.500. The van der Waals surface area contributed by atoms with Crippen molar-refractivity contribution < 1.29 is 9.59 Å². The minimum Gasteiger partial charge on any atom is -0.342 e. The molecule has 1 aliphatic rings. The average molecular weight is 443 g/mol. The Morgan fingerprint density at radius 3 is 2.84 bits per heavy atom. The number of fused-ring (bicyclic) bond motifs is 1. The molecule has 1 unspecified atom stereocenters. The zero-order chi connectivity index (χ0) is 22.0. The topological polar surface area (TPSA) is 85.9 Å². The van der Waals surface area contributed by atoms with E-state index in [1.54, 1.807) is 30.7 Å². The molecule has 1 fully saturated rings. The van der Waals surface area contributed by atoms with Crippen LogP contribution in [0.4, 0.5) is 0 Å². The van der Waals surface area contributed by atoms with Crippen molar-refractivity contribution >= 4 is 34.3 Å². The number of carbonyl (C=O) groups is 2. The first-order valence-corrected chi connectivity index (χ1v) is 11.1. The van der Waals surface area contributed by atoms with Crippen LogP contribution in [-0.4, -0.2) is 54.3 Å². The third-order valence-electron chi connectivity index (χ3n) is 5.90. The Bertz CT molecular complexity index is 1090. The van der Waals surface area contributed by atoms with Gasteiger partial charge in [-0.3, -0.25) is 9.59 Å². The zero-order valence-electron chi connectivity index (χ0n) is 17.9. The van der Waals surface area contributed by atoms with Gasteiger partial charge in [0.15, 0.2) is 0 Å². The number of carbonyl (C=O) groups excluding carboxylic acids is 2. The summed E-state index contributed by atoms with van der Waals surface area (Å²) in [6.07, 6.45) is 6.48. The van der Waals surface area contributed by atoms with E-state index in [9.17, 15) is 9.59 Å². The predicted molar refractivity (Wildman–Crippen MR) is 118 cm³/mol. The highest BCUT2D eigenvalue weighted by Crippen LogP contribution is 2.24. The van der Waals surface area contributed by atoms with Gasteiger partial charge in [-0.2, -0.15) is 5.10 Å². The van der Waals surface area contributed by atoms with Crippen LogP contribution < -0.4 is 0 Å². The van der Waals surface area contributed by atoms with E-state index in [1.807, 2.05) is 4.90 Å². The summed E-state index contributed by atoms with van der Waals surface area (Å²) in [6.45, 7) is 5.65. The van der Waals surface area contributed by atoms with Crippen LogP contribution in [0.1, 0.15) is 56.2 Å². The lowest BCUT2D eigenvalue weighted by atomic mass is 9.94. The molecule has 2 aromatic heterocycles. The van der Waals surface area contributed by atoms with Gasteiger partial charge in [0.1, 0.15) is 12.2 Å². The predicted octanol–water partition coefficient (Wildman–Crippen LogP) is 3.76. The van der Waals surface area contributed by atoms with Crippen molar-refractivity contribution in [3.63, 3.8) is 0 Å². The molecule has 0 spiro atoms. The molecule has 3 heterocycles. The fourth-order valence-electron chi connectivity index (χ4n) is 4.25. The Hall–Kier alpha value is -2.74. The molecule has 164 valence electrons. The van der Waals surface area contributed by atoms with E-state index in [4.69, 9.17) is 11.6 Å². The first-order valence-electron chi connectivity index (χ1n) is 10.8. The van der Waals surface area contributed by atoms with Gasteiger partial charge in [-0.05, 0) is 44.7 Å². The van der Waals surface area contributed by atoms with Gasteiger partial charge in [0.05, 0.1) is 16.7 Å². The summed E-state index contributed by atoms with van der Waals surface area (Å²) in [6, 6.07) is 5.67. The molecule has 0 saturated carbocycles. The Kier molecular flexibility index (Phi) is 6.36. The highest BCUT2D eigenvalue weighted by Gasteiger charge is 2.26. The summed E-state index contributed by atoms with van der Waals surface area (Å²) >= 11 is 6.16. The van der Waals surface area contributed by atoms with Gasteiger partial charge < -0.3 is 9.47 Å². The number of amides is 1. The second-order valence-electron chi connectivity index (χ2n) is 8.42. The largest absolute Gasteiger partial charge is 0.342 e. The van der Waals surface area contributed by atoms with Crippen molar-refractivity contribution in [3.05, 3.63) is 41.6 Å². The molecule has 1 amide bonds. The molecule has 9 heteroatoms. The van der Waals surface area contributed by atoms with Crippen LogP contribution in [0.25, 0.3) is 10.9 Å². The molecule has 1 aliphatic heterocycles. The van der Waals surface area contributed by atoms with Crippen molar-refractivity contribution in [2.24, 2.45) is 5.92 Å². The Morgan fingerprint density at radius 2 is 2.03 bits per heavy atom. The number of hydrogen-bond acceptors (Lipinski definition) is 5. The Morgan fingerprint density at radius 1 is 1.23 bits per heavy atom. The normalized spacial score (nSPS) is 16.9. The van der Waals surface area contributed by atoms with E-state index >= 15 is 0 Å². The van der Waals surface area contributed by atoms with Crippen LogP contribution in [0.5, 0.6) is 0 Å². The van der Waals surface area contributed by atoms with Gasteiger partial charge in [-0.25, -0.2) is 4.68 Å². The standard InChI is InChI=1S/C22H27ClN6O2/c1-15(2)28-14-24-26-20(28)11-16-5-4-10-27(13-16)21(30)8-9-22(31)29-19-7-3-6-18(23)17(19)12-25-29/h3,6-7,12,14-16H,4-5,8-11,13H2,1-2H3. The summed E-state index contributed by atoms with van der Waals surface area (Å²) in [5.41, 5.74) is 0.664. The van der Waals surface area contributed by atoms with Crippen molar-refractivity contribution in [3.8, 4) is 0 Å². The number of likely N-dealkylation sites (tertiary alicyclic amines) is 1. The first-order chi connectivity index (χ1) is 14.9. The van der Waals surface area contributed by atoms with Crippen LogP contribution in [0.15, 0.2) is 30.7 Å². The summed E-state index contributed by atoms with van der Waals surface area (Å²) in [5, 5.41) is 13.8. The molecule has 0 radical (unpaired) electrons. The first kappa shape index (κ1) is 21.5. The van der Waals surface area contributed by atoms with Crippen LogP contribution in [-0.2, 0) is 11.2 Å². The molecule has 0 N–H and O–H groups in total. The highest BCUT2D eigenvalue weighted by molar-refractivity contribution is 6.35. The van der Waals surface area contributed by atoms with Crippen molar-refractivity contribution in [1.82, 2.24) is 29.4 Å². The van der Waals surface area contributed by atoms with Crippen molar-refractivity contribution in [2.45, 2.75) is 52.0 Å². The van der Waals surface area contributed by atoms with Gasteiger partial charge in [0, 0.05) is 43.8 Å². The maximum Gasteiger partial charge on any atom is 0.247 e. The summed E-state index contributed by atoms with van der Waals surface area (Å²) in [5.74, 6) is 1.13. The lowest BCUT2D eigenvalue weighted by molar-refractivity contribution is -0.133. The Labute approximate surface area is 186 Å². The van der Waals surface area contributed by atoms with Crippen LogP contribution >= 0.6 is 11.6 Å². The van der Waals surface area contributed by atoms with Gasteiger partial charge in [0.25, 0.3) is 0 Å². The summed E-state index contributed by atoms with van der Waals surface area (Å²) in [4.78, 5) is 27.4. The summed E-state index contributed by atoms with van der Waals surface area (Å²) < 4.78 is 3.42. The summed E-state index contributed by atoms with van der Waals surface area (Å²) in [7, 11) is 0. The minimum atomic E-state index is -0.204. The molecule has 0 aliphatic carbocycles. The van der Waals surface area contributed by atoms with Crippen molar-refractivity contribution in [1.29, 1.82) is 0 Å². The van der Waals surface area contributed by atoms with Crippen LogP contribution in [0.2, 0.25) is 5.02 Å². The minimum absolute atomic E-state index is 0.0119. The fourth-order valence-corrected chi connectivity index (χ4v) is 4.47. The van der Waals surface area contributed by atoms with Gasteiger partial charge in [-0.15, -0.1) is 10.2 Å². The number of aromatic nitrogens is 5. The van der Waals surface area contributed by atoms with E-state index in [0.29, 0.717) is 29.0 Å². The smallest absolute Gasteiger partial charge is 0.247 e. The van der Waals surface area contributed by atoms with E-state index in [0.717, 1.165) is 37.0 Å². The monoisotopic (exact) mass is 442 g/mol. The quantitative estimate of drug-likeness (QED) is 0.580. The lowest BCUT2D eigenvalue weighted by Gasteiger charge is -2.33. The molecular weight excluding hydrogens is 416 g/mol. The number of benzene rings is 1. The average Bonchev–Trinajstić information content (AvgIpc) is 3.40. The van der Waals surface area contributed by atoms with E-state index < -0.39 is 0 Å². The molecule has 3 aromatic rings. The molecule has 1 saturated heterocycles.